The van der Waals surface area contributed by atoms with Crippen LogP contribution in [0.4, 0.5) is 11.4 Å². The monoisotopic (exact) mass is 354 g/mol. The van der Waals surface area contributed by atoms with Crippen LogP contribution in [0.2, 0.25) is 5.02 Å². The van der Waals surface area contributed by atoms with Crippen molar-refractivity contribution in [3.05, 3.63) is 67.1 Å². The molecule has 2 aromatic carbocycles. The second-order valence-electron chi connectivity index (χ2n) is 4.35. The number of nitro groups is 1. The molecule has 0 bridgehead atoms. The van der Waals surface area contributed by atoms with Crippen molar-refractivity contribution < 1.29 is 4.92 Å². The maximum Gasteiger partial charge on any atom is 0.269 e. The standard InChI is InChI=1S/C14H12BrClN2O2/c1-9-6-12(18(19)20)4-5-14(9)17-8-10-2-3-11(15)7-13(10)16/h2-7,17H,8H2,1H3. The molecule has 0 fully saturated rings. The third-order valence-corrected chi connectivity index (χ3v) is 3.75. The zero-order valence-electron chi connectivity index (χ0n) is 10.7. The van der Waals surface area contributed by atoms with Gasteiger partial charge in [0.1, 0.15) is 0 Å². The summed E-state index contributed by atoms with van der Waals surface area (Å²) in [5.74, 6) is 0. The number of non-ortho nitro benzene ring substituents is 1. The number of nitrogens with zero attached hydrogens (tertiary/aromatic N) is 1. The highest BCUT2D eigenvalue weighted by Gasteiger charge is 2.08. The molecule has 0 heterocycles. The van der Waals surface area contributed by atoms with E-state index in [0.29, 0.717) is 11.6 Å². The first-order valence-electron chi connectivity index (χ1n) is 5.90. The Morgan fingerprint density at radius 1 is 1.30 bits per heavy atom. The predicted molar refractivity (Wildman–Crippen MR) is 84.3 cm³/mol. The van der Waals surface area contributed by atoms with Crippen LogP contribution < -0.4 is 5.32 Å². The maximum absolute atomic E-state index is 10.7. The van der Waals surface area contributed by atoms with Crippen LogP contribution >= 0.6 is 27.5 Å². The predicted octanol–water partition coefficient (Wildman–Crippen LogP) is 4.93. The number of nitro benzene ring substituents is 1. The lowest BCUT2D eigenvalue weighted by Crippen LogP contribution is -2.02. The van der Waals surface area contributed by atoms with Crippen LogP contribution in [0.3, 0.4) is 0 Å². The summed E-state index contributed by atoms with van der Waals surface area (Å²) in [6.45, 7) is 2.39. The average molecular weight is 356 g/mol. The molecule has 6 heteroatoms. The number of nitrogens with one attached hydrogen (secondary N) is 1. The van der Waals surface area contributed by atoms with Crippen LogP contribution in [0, 0.1) is 17.0 Å². The van der Waals surface area contributed by atoms with Gasteiger partial charge in [0.2, 0.25) is 0 Å². The van der Waals surface area contributed by atoms with Crippen LogP contribution in [0.5, 0.6) is 0 Å². The molecule has 0 saturated heterocycles. The van der Waals surface area contributed by atoms with Crippen LogP contribution in [0.1, 0.15) is 11.1 Å². The fourth-order valence-corrected chi connectivity index (χ4v) is 2.56. The third kappa shape index (κ3) is 3.49. The first kappa shape index (κ1) is 14.8. The minimum absolute atomic E-state index is 0.0923. The minimum Gasteiger partial charge on any atom is -0.381 e. The maximum atomic E-state index is 10.7. The SMILES string of the molecule is Cc1cc([N+](=O)[O-])ccc1NCc1ccc(Br)cc1Cl. The Hall–Kier alpha value is -1.59. The molecule has 0 aromatic heterocycles. The molecule has 0 aliphatic rings. The van der Waals surface area contributed by atoms with Gasteiger partial charge in [0.15, 0.2) is 0 Å². The van der Waals surface area contributed by atoms with Gasteiger partial charge >= 0.3 is 0 Å². The Bertz CT molecular complexity index is 662. The fourth-order valence-electron chi connectivity index (χ4n) is 1.82. The number of benzene rings is 2. The third-order valence-electron chi connectivity index (χ3n) is 2.91. The first-order chi connectivity index (χ1) is 9.47. The number of anilines is 1. The molecule has 1 N–H and O–H groups in total. The van der Waals surface area contributed by atoms with Crippen LogP contribution in [0.25, 0.3) is 0 Å². The van der Waals surface area contributed by atoms with Crippen molar-refractivity contribution >= 4 is 38.9 Å². The molecule has 0 saturated carbocycles. The van der Waals surface area contributed by atoms with E-state index in [0.717, 1.165) is 21.3 Å². The van der Waals surface area contributed by atoms with Crippen molar-refractivity contribution in [3.63, 3.8) is 0 Å². The number of hydrogen-bond acceptors (Lipinski definition) is 3. The highest BCUT2D eigenvalue weighted by molar-refractivity contribution is 9.10. The van der Waals surface area contributed by atoms with Crippen LogP contribution in [-0.4, -0.2) is 4.92 Å². The van der Waals surface area contributed by atoms with E-state index >= 15 is 0 Å². The number of rotatable bonds is 4. The van der Waals surface area contributed by atoms with Gasteiger partial charge in [-0.3, -0.25) is 10.1 Å². The summed E-state index contributed by atoms with van der Waals surface area (Å²) in [5.41, 5.74) is 2.74. The van der Waals surface area contributed by atoms with Crippen molar-refractivity contribution in [2.24, 2.45) is 0 Å². The van der Waals surface area contributed by atoms with E-state index in [-0.39, 0.29) is 5.69 Å². The normalized spacial score (nSPS) is 10.3. The van der Waals surface area contributed by atoms with E-state index in [1.165, 1.54) is 6.07 Å². The van der Waals surface area contributed by atoms with E-state index in [1.54, 1.807) is 12.1 Å². The Balaban J connectivity index is 2.13. The molecule has 20 heavy (non-hydrogen) atoms. The van der Waals surface area contributed by atoms with Crippen LogP contribution in [-0.2, 0) is 6.54 Å². The summed E-state index contributed by atoms with van der Waals surface area (Å²) in [7, 11) is 0. The molecular formula is C14H12BrClN2O2. The molecule has 0 atom stereocenters. The molecule has 2 rings (SSSR count). The second-order valence-corrected chi connectivity index (χ2v) is 5.67. The Morgan fingerprint density at radius 3 is 2.65 bits per heavy atom. The minimum atomic E-state index is -0.400. The summed E-state index contributed by atoms with van der Waals surface area (Å²) >= 11 is 9.50. The van der Waals surface area contributed by atoms with Crippen molar-refractivity contribution in [2.45, 2.75) is 13.5 Å². The molecule has 0 amide bonds. The van der Waals surface area contributed by atoms with Crippen molar-refractivity contribution in [3.8, 4) is 0 Å². The Kier molecular flexibility index (Phi) is 4.62. The summed E-state index contributed by atoms with van der Waals surface area (Å²) in [4.78, 5) is 10.3. The van der Waals surface area contributed by atoms with E-state index < -0.39 is 4.92 Å². The lowest BCUT2D eigenvalue weighted by Gasteiger charge is -2.10. The summed E-state index contributed by atoms with van der Waals surface area (Å²) in [6.07, 6.45) is 0. The lowest BCUT2D eigenvalue weighted by molar-refractivity contribution is -0.384. The Labute approximate surface area is 130 Å². The topological polar surface area (TPSA) is 55.2 Å². The fraction of sp³-hybridized carbons (Fsp3) is 0.143. The molecule has 0 aliphatic heterocycles. The molecule has 2 aromatic rings. The Morgan fingerprint density at radius 2 is 2.05 bits per heavy atom. The van der Waals surface area contributed by atoms with E-state index in [1.807, 2.05) is 25.1 Å². The van der Waals surface area contributed by atoms with Gasteiger partial charge in [0.05, 0.1) is 4.92 Å². The number of halogens is 2. The smallest absolute Gasteiger partial charge is 0.269 e. The van der Waals surface area contributed by atoms with Gasteiger partial charge in [-0.05, 0) is 36.2 Å². The van der Waals surface area contributed by atoms with Crippen molar-refractivity contribution in [1.82, 2.24) is 0 Å². The summed E-state index contributed by atoms with van der Waals surface area (Å²) in [6, 6.07) is 10.4. The van der Waals surface area contributed by atoms with Gasteiger partial charge in [-0.15, -0.1) is 0 Å². The van der Waals surface area contributed by atoms with E-state index in [4.69, 9.17) is 11.6 Å². The van der Waals surface area contributed by atoms with Gasteiger partial charge in [0.25, 0.3) is 5.69 Å². The molecule has 0 aliphatic carbocycles. The summed E-state index contributed by atoms with van der Waals surface area (Å²) < 4.78 is 0.928. The van der Waals surface area contributed by atoms with Crippen molar-refractivity contribution in [1.29, 1.82) is 0 Å². The zero-order valence-corrected chi connectivity index (χ0v) is 13.0. The molecule has 0 spiro atoms. The molecule has 0 radical (unpaired) electrons. The highest BCUT2D eigenvalue weighted by atomic mass is 79.9. The highest BCUT2D eigenvalue weighted by Crippen LogP contribution is 2.24. The molecule has 104 valence electrons. The number of hydrogen-bond donors (Lipinski definition) is 1. The van der Waals surface area contributed by atoms with E-state index in [2.05, 4.69) is 21.2 Å². The quantitative estimate of drug-likeness (QED) is 0.625. The van der Waals surface area contributed by atoms with Crippen molar-refractivity contribution in [2.75, 3.05) is 5.32 Å². The first-order valence-corrected chi connectivity index (χ1v) is 7.07. The van der Waals surface area contributed by atoms with Gasteiger partial charge in [-0.2, -0.15) is 0 Å². The van der Waals surface area contributed by atoms with E-state index in [9.17, 15) is 10.1 Å². The summed E-state index contributed by atoms with van der Waals surface area (Å²) in [5, 5.41) is 14.6. The average Bonchev–Trinajstić information content (AvgIpc) is 2.38. The largest absolute Gasteiger partial charge is 0.381 e. The number of aryl methyl sites for hydroxylation is 1. The van der Waals surface area contributed by atoms with Gasteiger partial charge in [0, 0.05) is 33.9 Å². The molecule has 0 unspecified atom stereocenters. The van der Waals surface area contributed by atoms with Gasteiger partial charge < -0.3 is 5.32 Å². The van der Waals surface area contributed by atoms with Gasteiger partial charge in [-0.1, -0.05) is 33.6 Å². The van der Waals surface area contributed by atoms with Crippen LogP contribution in [0.15, 0.2) is 40.9 Å². The molecule has 4 nitrogen and oxygen atoms in total. The lowest BCUT2D eigenvalue weighted by atomic mass is 10.1. The van der Waals surface area contributed by atoms with Gasteiger partial charge in [-0.25, -0.2) is 0 Å². The zero-order chi connectivity index (χ0) is 14.7. The molecular weight excluding hydrogens is 344 g/mol. The second kappa shape index (κ2) is 6.24.